The minimum atomic E-state index is -0.418. The minimum absolute atomic E-state index is 0.333. The van der Waals surface area contributed by atoms with E-state index in [0.717, 1.165) is 13.0 Å². The lowest BCUT2D eigenvalue weighted by Crippen LogP contribution is -2.00. The molecule has 0 fully saturated rings. The highest BCUT2D eigenvalue weighted by molar-refractivity contribution is 5.76. The number of halogens is 1. The van der Waals surface area contributed by atoms with E-state index in [2.05, 4.69) is 11.9 Å². The summed E-state index contributed by atoms with van der Waals surface area (Å²) in [5.41, 5.74) is 0.758. The summed E-state index contributed by atoms with van der Waals surface area (Å²) >= 11 is 0. The molecule has 1 aromatic carbocycles. The molecule has 3 nitrogen and oxygen atoms in total. The Morgan fingerprint density at radius 2 is 2.29 bits per heavy atom. The molecule has 0 aliphatic heterocycles. The Bertz CT molecular complexity index is 534. The Morgan fingerprint density at radius 3 is 2.94 bits per heavy atom. The van der Waals surface area contributed by atoms with Gasteiger partial charge in [-0.1, -0.05) is 13.0 Å². The van der Waals surface area contributed by atoms with Crippen molar-refractivity contribution in [2.45, 2.75) is 19.9 Å². The molecule has 2 aromatic rings. The number of rotatable bonds is 4. The predicted octanol–water partition coefficient (Wildman–Crippen LogP) is 2.91. The normalized spacial score (nSPS) is 10.5. The highest BCUT2D eigenvalue weighted by Crippen LogP contribution is 2.22. The molecule has 0 bridgehead atoms. The largest absolute Gasteiger partial charge is 0.331 e. The quantitative estimate of drug-likeness (QED) is 0.760. The number of imidazole rings is 1. The highest BCUT2D eigenvalue weighted by atomic mass is 19.1. The summed E-state index contributed by atoms with van der Waals surface area (Å²) in [6, 6.07) is 4.41. The average molecular weight is 232 g/mol. The molecule has 0 aliphatic carbocycles. The summed E-state index contributed by atoms with van der Waals surface area (Å²) in [5.74, 6) is 0.181. The summed E-state index contributed by atoms with van der Waals surface area (Å²) in [6.45, 7) is 2.85. The average Bonchev–Trinajstić information content (AvgIpc) is 2.77. The lowest BCUT2D eigenvalue weighted by Gasteiger charge is -2.07. The first kappa shape index (κ1) is 11.5. The molecule has 1 aromatic heterocycles. The van der Waals surface area contributed by atoms with Crippen molar-refractivity contribution < 1.29 is 9.18 Å². The van der Waals surface area contributed by atoms with Gasteiger partial charge >= 0.3 is 0 Å². The monoisotopic (exact) mass is 232 g/mol. The Balaban J connectivity index is 2.45. The lowest BCUT2D eigenvalue weighted by molar-refractivity contribution is 0.112. The molecule has 0 unspecified atom stereocenters. The van der Waals surface area contributed by atoms with Crippen molar-refractivity contribution in [2.75, 3.05) is 0 Å². The predicted molar refractivity (Wildman–Crippen MR) is 63.3 cm³/mol. The second-order valence-electron chi connectivity index (χ2n) is 3.80. The van der Waals surface area contributed by atoms with Crippen LogP contribution in [0.4, 0.5) is 4.39 Å². The fraction of sp³-hybridized carbons (Fsp3) is 0.231. The number of nitrogens with zero attached hydrogens (tertiary/aromatic N) is 2. The fourth-order valence-corrected chi connectivity index (χ4v) is 1.76. The van der Waals surface area contributed by atoms with Crippen molar-refractivity contribution in [3.8, 4) is 11.4 Å². The number of benzene rings is 1. The second-order valence-corrected chi connectivity index (χ2v) is 3.80. The van der Waals surface area contributed by atoms with E-state index < -0.39 is 5.82 Å². The van der Waals surface area contributed by atoms with Crippen LogP contribution >= 0.6 is 0 Å². The van der Waals surface area contributed by atoms with Crippen LogP contribution < -0.4 is 0 Å². The third-order valence-corrected chi connectivity index (χ3v) is 2.55. The van der Waals surface area contributed by atoms with E-state index in [1.165, 1.54) is 6.07 Å². The Labute approximate surface area is 98.9 Å². The Morgan fingerprint density at radius 1 is 1.47 bits per heavy atom. The third kappa shape index (κ3) is 2.25. The van der Waals surface area contributed by atoms with Crippen molar-refractivity contribution in [3.05, 3.63) is 42.0 Å². The Hall–Kier alpha value is -1.97. The highest BCUT2D eigenvalue weighted by Gasteiger charge is 2.11. The van der Waals surface area contributed by atoms with Gasteiger partial charge in [0.1, 0.15) is 17.9 Å². The van der Waals surface area contributed by atoms with Crippen LogP contribution in [0.1, 0.15) is 23.7 Å². The molecule has 0 aliphatic rings. The number of aromatic nitrogens is 2. The van der Waals surface area contributed by atoms with Crippen LogP contribution in [0.25, 0.3) is 11.4 Å². The molecule has 0 amide bonds. The SMILES string of the molecule is CCCn1ccnc1-c1ccc(C=O)cc1F. The number of aldehydes is 1. The first-order valence-electron chi connectivity index (χ1n) is 5.52. The second kappa shape index (κ2) is 4.91. The molecule has 1 heterocycles. The molecule has 4 heteroatoms. The zero-order valence-corrected chi connectivity index (χ0v) is 9.56. The van der Waals surface area contributed by atoms with Crippen molar-refractivity contribution in [2.24, 2.45) is 0 Å². The number of hydrogen-bond acceptors (Lipinski definition) is 2. The van der Waals surface area contributed by atoms with Gasteiger partial charge in [-0.15, -0.1) is 0 Å². The molecule has 17 heavy (non-hydrogen) atoms. The van der Waals surface area contributed by atoms with Crippen LogP contribution in [0, 0.1) is 5.82 Å². The van der Waals surface area contributed by atoms with E-state index in [1.807, 2.05) is 10.8 Å². The lowest BCUT2D eigenvalue weighted by atomic mass is 10.1. The van der Waals surface area contributed by atoms with Gasteiger partial charge in [-0.3, -0.25) is 4.79 Å². The van der Waals surface area contributed by atoms with Crippen LogP contribution in [0.5, 0.6) is 0 Å². The van der Waals surface area contributed by atoms with Gasteiger partial charge < -0.3 is 4.57 Å². The molecule has 0 spiro atoms. The molecule has 0 N–H and O–H groups in total. The molecule has 2 rings (SSSR count). The van der Waals surface area contributed by atoms with Crippen LogP contribution in [-0.4, -0.2) is 15.8 Å². The maximum Gasteiger partial charge on any atom is 0.150 e. The van der Waals surface area contributed by atoms with Gasteiger partial charge in [-0.05, 0) is 18.6 Å². The molecule has 0 atom stereocenters. The fourth-order valence-electron chi connectivity index (χ4n) is 1.76. The molecule has 0 saturated carbocycles. The third-order valence-electron chi connectivity index (χ3n) is 2.55. The van der Waals surface area contributed by atoms with Gasteiger partial charge in [-0.2, -0.15) is 0 Å². The summed E-state index contributed by atoms with van der Waals surface area (Å²) in [6.07, 6.45) is 5.06. The Kier molecular flexibility index (Phi) is 3.32. The summed E-state index contributed by atoms with van der Waals surface area (Å²) < 4.78 is 15.7. The molecule has 0 radical (unpaired) electrons. The summed E-state index contributed by atoms with van der Waals surface area (Å²) in [4.78, 5) is 14.7. The molecular formula is C13H13FN2O. The van der Waals surface area contributed by atoms with E-state index in [0.29, 0.717) is 23.2 Å². The molecular weight excluding hydrogens is 219 g/mol. The van der Waals surface area contributed by atoms with Crippen LogP contribution in [-0.2, 0) is 6.54 Å². The van der Waals surface area contributed by atoms with E-state index in [9.17, 15) is 9.18 Å². The maximum atomic E-state index is 13.8. The first-order chi connectivity index (χ1) is 8.26. The van der Waals surface area contributed by atoms with Crippen molar-refractivity contribution in [1.82, 2.24) is 9.55 Å². The summed E-state index contributed by atoms with van der Waals surface area (Å²) in [5, 5.41) is 0. The zero-order chi connectivity index (χ0) is 12.3. The van der Waals surface area contributed by atoms with Gasteiger partial charge in [0.05, 0.1) is 5.56 Å². The van der Waals surface area contributed by atoms with Crippen LogP contribution in [0.15, 0.2) is 30.6 Å². The van der Waals surface area contributed by atoms with E-state index in [1.54, 1.807) is 18.3 Å². The zero-order valence-electron chi connectivity index (χ0n) is 9.56. The van der Waals surface area contributed by atoms with Gasteiger partial charge in [0.25, 0.3) is 0 Å². The van der Waals surface area contributed by atoms with Crippen LogP contribution in [0.2, 0.25) is 0 Å². The van der Waals surface area contributed by atoms with E-state index >= 15 is 0 Å². The minimum Gasteiger partial charge on any atom is -0.331 e. The van der Waals surface area contributed by atoms with Gasteiger partial charge in [0.2, 0.25) is 0 Å². The molecule has 0 saturated heterocycles. The maximum absolute atomic E-state index is 13.8. The standard InChI is InChI=1S/C13H13FN2O/c1-2-6-16-7-5-15-13(16)11-4-3-10(9-17)8-12(11)14/h3-5,7-9H,2,6H2,1H3. The van der Waals surface area contributed by atoms with Gasteiger partial charge in [-0.25, -0.2) is 9.37 Å². The van der Waals surface area contributed by atoms with Crippen molar-refractivity contribution in [3.63, 3.8) is 0 Å². The van der Waals surface area contributed by atoms with E-state index in [4.69, 9.17) is 0 Å². The van der Waals surface area contributed by atoms with E-state index in [-0.39, 0.29) is 0 Å². The number of carbonyl (C=O) groups is 1. The smallest absolute Gasteiger partial charge is 0.150 e. The van der Waals surface area contributed by atoms with Gasteiger partial charge in [0, 0.05) is 24.5 Å². The first-order valence-corrected chi connectivity index (χ1v) is 5.52. The van der Waals surface area contributed by atoms with Crippen molar-refractivity contribution >= 4 is 6.29 Å². The van der Waals surface area contributed by atoms with Crippen LogP contribution in [0.3, 0.4) is 0 Å². The number of carbonyl (C=O) groups excluding carboxylic acids is 1. The topological polar surface area (TPSA) is 34.9 Å². The van der Waals surface area contributed by atoms with Gasteiger partial charge in [0.15, 0.2) is 0 Å². The number of aryl methyl sites for hydroxylation is 1. The van der Waals surface area contributed by atoms with Crippen molar-refractivity contribution in [1.29, 1.82) is 0 Å². The number of hydrogen-bond donors (Lipinski definition) is 0. The molecule has 88 valence electrons. The summed E-state index contributed by atoms with van der Waals surface area (Å²) in [7, 11) is 0.